The van der Waals surface area contributed by atoms with Gasteiger partial charge in [-0.3, -0.25) is 4.79 Å². The van der Waals surface area contributed by atoms with Gasteiger partial charge in [-0.2, -0.15) is 0 Å². The lowest BCUT2D eigenvalue weighted by Gasteiger charge is -2.21. The summed E-state index contributed by atoms with van der Waals surface area (Å²) in [4.78, 5) is 13.9. The number of ether oxygens (including phenoxy) is 1. The van der Waals surface area contributed by atoms with Crippen LogP contribution in [-0.4, -0.2) is 25.7 Å². The predicted molar refractivity (Wildman–Crippen MR) is 95.6 cm³/mol. The van der Waals surface area contributed by atoms with Crippen LogP contribution in [0.1, 0.15) is 24.2 Å². The van der Waals surface area contributed by atoms with Gasteiger partial charge in [0, 0.05) is 12.0 Å². The standard InChI is InChI=1S/C19H23NO2S/c1-3-16(14-22-2)20-19(21)18(15-10-6-4-7-11-15)23-17-12-8-5-9-13-17/h4-13,16,18H,3,14H2,1-2H3,(H,20,21). The summed E-state index contributed by atoms with van der Waals surface area (Å²) in [6.45, 7) is 2.57. The maximum atomic E-state index is 12.8. The van der Waals surface area contributed by atoms with Gasteiger partial charge in [-0.1, -0.05) is 55.5 Å². The summed E-state index contributed by atoms with van der Waals surface area (Å²) < 4.78 is 5.18. The average Bonchev–Trinajstić information content (AvgIpc) is 2.60. The summed E-state index contributed by atoms with van der Waals surface area (Å²) in [5.74, 6) is 0.0222. The van der Waals surface area contributed by atoms with E-state index < -0.39 is 0 Å². The smallest absolute Gasteiger partial charge is 0.238 e. The van der Waals surface area contributed by atoms with Crippen LogP contribution in [0.5, 0.6) is 0 Å². The van der Waals surface area contributed by atoms with Crippen LogP contribution in [0.2, 0.25) is 0 Å². The van der Waals surface area contributed by atoms with Crippen molar-refractivity contribution in [3.05, 3.63) is 66.2 Å². The molecule has 2 atom stereocenters. The molecule has 2 unspecified atom stereocenters. The third-order valence-corrected chi connectivity index (χ3v) is 4.81. The zero-order valence-electron chi connectivity index (χ0n) is 13.6. The number of carbonyl (C=O) groups is 1. The predicted octanol–water partition coefficient (Wildman–Crippen LogP) is 4.06. The van der Waals surface area contributed by atoms with E-state index in [-0.39, 0.29) is 17.2 Å². The van der Waals surface area contributed by atoms with E-state index in [1.54, 1.807) is 18.9 Å². The van der Waals surface area contributed by atoms with Gasteiger partial charge >= 0.3 is 0 Å². The minimum Gasteiger partial charge on any atom is -0.383 e. The Labute approximate surface area is 142 Å². The van der Waals surface area contributed by atoms with Crippen molar-refractivity contribution in [2.24, 2.45) is 0 Å². The molecule has 23 heavy (non-hydrogen) atoms. The molecule has 122 valence electrons. The Balaban J connectivity index is 2.17. The van der Waals surface area contributed by atoms with Crippen LogP contribution >= 0.6 is 11.8 Å². The van der Waals surface area contributed by atoms with E-state index in [2.05, 4.69) is 5.32 Å². The highest BCUT2D eigenvalue weighted by atomic mass is 32.2. The Kier molecular flexibility index (Phi) is 7.17. The largest absolute Gasteiger partial charge is 0.383 e. The molecular formula is C19H23NO2S. The third kappa shape index (κ3) is 5.41. The number of rotatable bonds is 8. The SMILES string of the molecule is CCC(COC)NC(=O)C(Sc1ccccc1)c1ccccc1. The molecule has 1 amide bonds. The lowest BCUT2D eigenvalue weighted by molar-refractivity contribution is -0.121. The van der Waals surface area contributed by atoms with E-state index >= 15 is 0 Å². The van der Waals surface area contributed by atoms with Crippen LogP contribution in [0.15, 0.2) is 65.6 Å². The quantitative estimate of drug-likeness (QED) is 0.742. The van der Waals surface area contributed by atoms with Gasteiger partial charge in [-0.05, 0) is 24.1 Å². The van der Waals surface area contributed by atoms with E-state index in [4.69, 9.17) is 4.74 Å². The molecule has 0 aromatic heterocycles. The summed E-state index contributed by atoms with van der Waals surface area (Å²) >= 11 is 1.57. The average molecular weight is 329 g/mol. The number of thioether (sulfide) groups is 1. The van der Waals surface area contributed by atoms with Crippen molar-refractivity contribution in [1.29, 1.82) is 0 Å². The molecule has 1 N–H and O–H groups in total. The van der Waals surface area contributed by atoms with Gasteiger partial charge in [0.25, 0.3) is 0 Å². The first-order valence-corrected chi connectivity index (χ1v) is 8.68. The van der Waals surface area contributed by atoms with Gasteiger partial charge in [0.05, 0.1) is 12.6 Å². The number of hydrogen-bond donors (Lipinski definition) is 1. The molecule has 0 aliphatic rings. The van der Waals surface area contributed by atoms with Crippen LogP contribution < -0.4 is 5.32 Å². The molecule has 2 aromatic carbocycles. The van der Waals surface area contributed by atoms with E-state index in [1.165, 1.54) is 0 Å². The first kappa shape index (κ1) is 17.6. The molecule has 0 bridgehead atoms. The van der Waals surface area contributed by atoms with Crippen LogP contribution in [0.4, 0.5) is 0 Å². The van der Waals surface area contributed by atoms with Crippen LogP contribution in [0, 0.1) is 0 Å². The molecule has 0 aliphatic carbocycles. The second kappa shape index (κ2) is 9.38. The molecule has 0 aliphatic heterocycles. The highest BCUT2D eigenvalue weighted by molar-refractivity contribution is 8.00. The van der Waals surface area contributed by atoms with E-state index in [9.17, 15) is 4.79 Å². The Morgan fingerprint density at radius 1 is 1.09 bits per heavy atom. The molecule has 4 heteroatoms. The van der Waals surface area contributed by atoms with Gasteiger partial charge in [-0.15, -0.1) is 11.8 Å². The van der Waals surface area contributed by atoms with Crippen molar-refractivity contribution in [2.75, 3.05) is 13.7 Å². The van der Waals surface area contributed by atoms with Crippen molar-refractivity contribution >= 4 is 17.7 Å². The minimum atomic E-state index is -0.274. The lowest BCUT2D eigenvalue weighted by atomic mass is 10.1. The molecule has 0 saturated carbocycles. The zero-order chi connectivity index (χ0) is 16.5. The molecular weight excluding hydrogens is 306 g/mol. The highest BCUT2D eigenvalue weighted by Gasteiger charge is 2.23. The second-order valence-corrected chi connectivity index (χ2v) is 6.47. The summed E-state index contributed by atoms with van der Waals surface area (Å²) in [5, 5.41) is 2.83. The van der Waals surface area contributed by atoms with Gasteiger partial charge in [0.1, 0.15) is 5.25 Å². The Morgan fingerprint density at radius 2 is 1.70 bits per heavy atom. The maximum absolute atomic E-state index is 12.8. The summed E-state index contributed by atoms with van der Waals surface area (Å²) in [7, 11) is 1.65. The fraction of sp³-hybridized carbons (Fsp3) is 0.316. The number of amides is 1. The van der Waals surface area contributed by atoms with Crippen molar-refractivity contribution in [3.63, 3.8) is 0 Å². The molecule has 0 spiro atoms. The van der Waals surface area contributed by atoms with Crippen molar-refractivity contribution < 1.29 is 9.53 Å². The summed E-state index contributed by atoms with van der Waals surface area (Å²) in [6.07, 6.45) is 0.844. The molecule has 0 heterocycles. The molecule has 0 radical (unpaired) electrons. The summed E-state index contributed by atoms with van der Waals surface area (Å²) in [6, 6.07) is 19.9. The van der Waals surface area contributed by atoms with E-state index in [0.29, 0.717) is 6.61 Å². The van der Waals surface area contributed by atoms with Crippen LogP contribution in [-0.2, 0) is 9.53 Å². The monoisotopic (exact) mass is 329 g/mol. The number of carbonyl (C=O) groups excluding carboxylic acids is 1. The Bertz CT molecular complexity index is 589. The van der Waals surface area contributed by atoms with Crippen molar-refractivity contribution in [1.82, 2.24) is 5.32 Å². The van der Waals surface area contributed by atoms with Crippen LogP contribution in [0.25, 0.3) is 0 Å². The second-order valence-electron chi connectivity index (χ2n) is 5.29. The number of benzene rings is 2. The Hall–Kier alpha value is -1.78. The number of hydrogen-bond acceptors (Lipinski definition) is 3. The fourth-order valence-corrected chi connectivity index (χ4v) is 3.33. The van der Waals surface area contributed by atoms with Gasteiger partial charge in [0.15, 0.2) is 0 Å². The molecule has 0 saturated heterocycles. The molecule has 3 nitrogen and oxygen atoms in total. The van der Waals surface area contributed by atoms with Crippen molar-refractivity contribution in [2.45, 2.75) is 29.5 Å². The van der Waals surface area contributed by atoms with E-state index in [0.717, 1.165) is 16.9 Å². The first-order chi connectivity index (χ1) is 11.2. The maximum Gasteiger partial charge on any atom is 0.238 e. The van der Waals surface area contributed by atoms with Crippen molar-refractivity contribution in [3.8, 4) is 0 Å². The first-order valence-electron chi connectivity index (χ1n) is 7.80. The molecule has 2 aromatic rings. The summed E-state index contributed by atoms with van der Waals surface area (Å²) in [5.41, 5.74) is 1.01. The lowest BCUT2D eigenvalue weighted by Crippen LogP contribution is -2.39. The number of nitrogens with one attached hydrogen (secondary N) is 1. The fourth-order valence-electron chi connectivity index (χ4n) is 2.28. The van der Waals surface area contributed by atoms with Gasteiger partial charge < -0.3 is 10.1 Å². The minimum absolute atomic E-state index is 0.0222. The number of methoxy groups -OCH3 is 1. The van der Waals surface area contributed by atoms with Gasteiger partial charge in [0.2, 0.25) is 5.91 Å². The molecule has 2 rings (SSSR count). The van der Waals surface area contributed by atoms with Crippen LogP contribution in [0.3, 0.4) is 0 Å². The topological polar surface area (TPSA) is 38.3 Å². The van der Waals surface area contributed by atoms with E-state index in [1.807, 2.05) is 67.6 Å². The van der Waals surface area contributed by atoms with Gasteiger partial charge in [-0.25, -0.2) is 0 Å². The third-order valence-electron chi connectivity index (χ3n) is 3.54. The zero-order valence-corrected chi connectivity index (χ0v) is 14.4. The Morgan fingerprint density at radius 3 is 2.26 bits per heavy atom. The highest BCUT2D eigenvalue weighted by Crippen LogP contribution is 2.35. The normalized spacial score (nSPS) is 13.3. The molecule has 0 fully saturated rings.